The van der Waals surface area contributed by atoms with Gasteiger partial charge >= 0.3 is 5.97 Å². The first kappa shape index (κ1) is 13.1. The second-order valence-electron chi connectivity index (χ2n) is 4.09. The van der Waals surface area contributed by atoms with Crippen LogP contribution in [0, 0.1) is 5.92 Å². The van der Waals surface area contributed by atoms with Crippen molar-refractivity contribution >= 4 is 17.3 Å². The Morgan fingerprint density at radius 1 is 1.62 bits per heavy atom. The molecule has 0 saturated heterocycles. The highest BCUT2D eigenvalue weighted by Gasteiger charge is 2.12. The first-order valence-electron chi connectivity index (χ1n) is 5.45. The van der Waals surface area contributed by atoms with Crippen molar-refractivity contribution in [1.82, 2.24) is 10.3 Å². The third-order valence-corrected chi connectivity index (χ3v) is 3.40. The fourth-order valence-corrected chi connectivity index (χ4v) is 2.23. The number of carbonyl (C=O) groups is 1. The van der Waals surface area contributed by atoms with Crippen LogP contribution in [0.15, 0.2) is 5.38 Å². The van der Waals surface area contributed by atoms with E-state index in [1.807, 2.05) is 0 Å². The van der Waals surface area contributed by atoms with Gasteiger partial charge in [-0.15, -0.1) is 11.3 Å². The van der Waals surface area contributed by atoms with Crippen LogP contribution in [-0.2, 0) is 6.54 Å². The van der Waals surface area contributed by atoms with Crippen LogP contribution < -0.4 is 5.32 Å². The highest BCUT2D eigenvalue weighted by atomic mass is 32.1. The van der Waals surface area contributed by atoms with Crippen molar-refractivity contribution in [2.75, 3.05) is 0 Å². The van der Waals surface area contributed by atoms with E-state index in [0.29, 0.717) is 18.5 Å². The van der Waals surface area contributed by atoms with E-state index < -0.39 is 5.97 Å². The Bertz CT molecular complexity index is 350. The first-order chi connectivity index (χ1) is 7.54. The maximum absolute atomic E-state index is 10.6. The summed E-state index contributed by atoms with van der Waals surface area (Å²) in [6.07, 6.45) is 1.06. The summed E-state index contributed by atoms with van der Waals surface area (Å²) >= 11 is 1.17. The highest BCUT2D eigenvalue weighted by Crippen LogP contribution is 2.11. The van der Waals surface area contributed by atoms with E-state index in [1.54, 1.807) is 5.38 Å². The van der Waals surface area contributed by atoms with Gasteiger partial charge in [0.15, 0.2) is 0 Å². The number of thiazole rings is 1. The van der Waals surface area contributed by atoms with Crippen LogP contribution in [0.3, 0.4) is 0 Å². The fraction of sp³-hybridized carbons (Fsp3) is 0.636. The normalized spacial score (nSPS) is 13.0. The Morgan fingerprint density at radius 2 is 2.31 bits per heavy atom. The van der Waals surface area contributed by atoms with Crippen LogP contribution in [0.5, 0.6) is 0 Å². The van der Waals surface area contributed by atoms with Crippen LogP contribution in [0.2, 0.25) is 0 Å². The van der Waals surface area contributed by atoms with Crippen molar-refractivity contribution in [1.29, 1.82) is 0 Å². The summed E-state index contributed by atoms with van der Waals surface area (Å²) in [4.78, 5) is 14.7. The molecule has 0 saturated carbocycles. The molecule has 0 aliphatic rings. The number of nitrogens with zero attached hydrogens (tertiary/aromatic N) is 1. The molecule has 4 nitrogen and oxygen atoms in total. The topological polar surface area (TPSA) is 62.2 Å². The highest BCUT2D eigenvalue weighted by molar-refractivity contribution is 7.11. The summed E-state index contributed by atoms with van der Waals surface area (Å²) in [6.45, 7) is 7.12. The van der Waals surface area contributed by atoms with Gasteiger partial charge in [0.05, 0.1) is 5.69 Å². The molecule has 1 atom stereocenters. The molecule has 0 bridgehead atoms. The minimum absolute atomic E-state index is 0.161. The van der Waals surface area contributed by atoms with Crippen LogP contribution in [0.25, 0.3) is 0 Å². The quantitative estimate of drug-likeness (QED) is 0.804. The molecule has 1 rings (SSSR count). The number of hydrogen-bond donors (Lipinski definition) is 2. The first-order valence-corrected chi connectivity index (χ1v) is 6.33. The molecule has 0 amide bonds. The molecule has 2 N–H and O–H groups in total. The molecule has 0 aliphatic heterocycles. The van der Waals surface area contributed by atoms with Gasteiger partial charge in [-0.2, -0.15) is 0 Å². The van der Waals surface area contributed by atoms with Gasteiger partial charge in [-0.05, 0) is 12.3 Å². The number of rotatable bonds is 6. The maximum atomic E-state index is 10.6. The van der Waals surface area contributed by atoms with Gasteiger partial charge in [0.2, 0.25) is 5.01 Å². The third kappa shape index (κ3) is 3.57. The van der Waals surface area contributed by atoms with Crippen LogP contribution in [-0.4, -0.2) is 22.1 Å². The number of carboxylic acid groups (broad SMARTS) is 1. The van der Waals surface area contributed by atoms with Gasteiger partial charge in [0.1, 0.15) is 0 Å². The van der Waals surface area contributed by atoms with Gasteiger partial charge in [0, 0.05) is 18.0 Å². The maximum Gasteiger partial charge on any atom is 0.365 e. The van der Waals surface area contributed by atoms with Crippen molar-refractivity contribution in [3.8, 4) is 0 Å². The number of nitrogens with one attached hydrogen (secondary N) is 1. The van der Waals surface area contributed by atoms with Gasteiger partial charge in [0.25, 0.3) is 0 Å². The average Bonchev–Trinajstić information content (AvgIpc) is 2.67. The predicted octanol–water partition coefficient (Wildman–Crippen LogP) is 2.37. The summed E-state index contributed by atoms with van der Waals surface area (Å²) in [5, 5.41) is 14.1. The van der Waals surface area contributed by atoms with E-state index in [-0.39, 0.29) is 5.01 Å². The molecule has 1 aromatic heterocycles. The van der Waals surface area contributed by atoms with Crippen molar-refractivity contribution < 1.29 is 9.90 Å². The van der Waals surface area contributed by atoms with Gasteiger partial charge in [-0.3, -0.25) is 0 Å². The Balaban J connectivity index is 2.50. The molecular weight excluding hydrogens is 224 g/mol. The molecule has 1 aromatic rings. The standard InChI is InChI=1S/C11H18N2O2S/c1-4-9(7(2)3)12-5-8-6-16-10(13-8)11(14)15/h6-7,9,12H,4-5H2,1-3H3,(H,14,15). The number of aromatic carboxylic acids is 1. The molecular formula is C11H18N2O2S. The van der Waals surface area contributed by atoms with E-state index >= 15 is 0 Å². The Kier molecular flexibility index (Phi) is 4.89. The summed E-state index contributed by atoms with van der Waals surface area (Å²) < 4.78 is 0. The summed E-state index contributed by atoms with van der Waals surface area (Å²) in [5.74, 6) is -0.380. The van der Waals surface area contributed by atoms with Gasteiger partial charge in [-0.1, -0.05) is 20.8 Å². The van der Waals surface area contributed by atoms with Crippen molar-refractivity contribution in [2.24, 2.45) is 5.92 Å². The van der Waals surface area contributed by atoms with E-state index in [9.17, 15) is 4.79 Å². The summed E-state index contributed by atoms with van der Waals surface area (Å²) in [5.41, 5.74) is 0.807. The summed E-state index contributed by atoms with van der Waals surface area (Å²) in [7, 11) is 0. The zero-order chi connectivity index (χ0) is 12.1. The lowest BCUT2D eigenvalue weighted by Crippen LogP contribution is -2.32. The summed E-state index contributed by atoms with van der Waals surface area (Å²) in [6, 6.07) is 0.454. The van der Waals surface area contributed by atoms with Crippen LogP contribution >= 0.6 is 11.3 Å². The monoisotopic (exact) mass is 242 g/mol. The minimum atomic E-state index is -0.952. The van der Waals surface area contributed by atoms with Crippen molar-refractivity contribution in [2.45, 2.75) is 39.8 Å². The molecule has 0 spiro atoms. The molecule has 0 aliphatic carbocycles. The number of hydrogen-bond acceptors (Lipinski definition) is 4. The SMILES string of the molecule is CCC(NCc1csc(C(=O)O)n1)C(C)C. The largest absolute Gasteiger partial charge is 0.476 e. The van der Waals surface area contributed by atoms with Crippen molar-refractivity contribution in [3.63, 3.8) is 0 Å². The lowest BCUT2D eigenvalue weighted by Gasteiger charge is -2.19. The minimum Gasteiger partial charge on any atom is -0.476 e. The Hall–Kier alpha value is -0.940. The third-order valence-electron chi connectivity index (χ3n) is 2.52. The van der Waals surface area contributed by atoms with E-state index in [1.165, 1.54) is 11.3 Å². The van der Waals surface area contributed by atoms with Gasteiger partial charge < -0.3 is 10.4 Å². The zero-order valence-corrected chi connectivity index (χ0v) is 10.7. The number of aromatic nitrogens is 1. The van der Waals surface area contributed by atoms with Crippen LogP contribution in [0.4, 0.5) is 0 Å². The van der Waals surface area contributed by atoms with Gasteiger partial charge in [-0.25, -0.2) is 9.78 Å². The lowest BCUT2D eigenvalue weighted by molar-refractivity contribution is 0.0696. The van der Waals surface area contributed by atoms with E-state index in [2.05, 4.69) is 31.1 Å². The molecule has 90 valence electrons. The fourth-order valence-electron chi connectivity index (χ4n) is 1.57. The molecule has 0 aromatic carbocycles. The molecule has 0 fully saturated rings. The zero-order valence-electron chi connectivity index (χ0n) is 9.86. The molecule has 5 heteroatoms. The Morgan fingerprint density at radius 3 is 2.75 bits per heavy atom. The van der Waals surface area contributed by atoms with Crippen LogP contribution in [0.1, 0.15) is 42.7 Å². The lowest BCUT2D eigenvalue weighted by atomic mass is 10.0. The smallest absolute Gasteiger partial charge is 0.365 e. The van der Waals surface area contributed by atoms with E-state index in [0.717, 1.165) is 12.1 Å². The van der Waals surface area contributed by atoms with E-state index in [4.69, 9.17) is 5.11 Å². The molecule has 0 radical (unpaired) electrons. The molecule has 1 heterocycles. The van der Waals surface area contributed by atoms with Crippen molar-refractivity contribution in [3.05, 3.63) is 16.1 Å². The number of carboxylic acids is 1. The second kappa shape index (κ2) is 5.96. The molecule has 1 unspecified atom stereocenters. The average molecular weight is 242 g/mol. The Labute approximate surface area is 99.7 Å². The second-order valence-corrected chi connectivity index (χ2v) is 4.95. The predicted molar refractivity (Wildman–Crippen MR) is 64.8 cm³/mol. The molecule has 16 heavy (non-hydrogen) atoms.